The van der Waals surface area contributed by atoms with E-state index < -0.39 is 11.6 Å². The van der Waals surface area contributed by atoms with Crippen molar-refractivity contribution >= 4 is 29.1 Å². The lowest BCUT2D eigenvalue weighted by atomic mass is 10.2. The van der Waals surface area contributed by atoms with Crippen LogP contribution in [0.15, 0.2) is 41.3 Å². The normalized spacial score (nSPS) is 10.6. The van der Waals surface area contributed by atoms with Gasteiger partial charge in [-0.2, -0.15) is 0 Å². The molecule has 0 saturated heterocycles. The van der Waals surface area contributed by atoms with Crippen LogP contribution in [-0.4, -0.2) is 0 Å². The Labute approximate surface area is 113 Å². The fourth-order valence-corrected chi connectivity index (χ4v) is 2.63. The summed E-state index contributed by atoms with van der Waals surface area (Å²) < 4.78 is 26.2. The van der Waals surface area contributed by atoms with E-state index in [0.717, 1.165) is 11.6 Å². The van der Waals surface area contributed by atoms with Crippen molar-refractivity contribution in [1.29, 1.82) is 0 Å². The molecule has 0 saturated carbocycles. The summed E-state index contributed by atoms with van der Waals surface area (Å²) >= 11 is 7.25. The molecule has 0 amide bonds. The molecule has 0 aliphatic carbocycles. The van der Waals surface area contributed by atoms with Gasteiger partial charge in [-0.25, -0.2) is 8.78 Å². The molecular formula is C13H10ClF2NS. The van der Waals surface area contributed by atoms with Crippen molar-refractivity contribution in [3.63, 3.8) is 0 Å². The zero-order valence-electron chi connectivity index (χ0n) is 9.29. The molecule has 1 nitrogen and oxygen atoms in total. The summed E-state index contributed by atoms with van der Waals surface area (Å²) in [4.78, 5) is 0.384. The van der Waals surface area contributed by atoms with Crippen LogP contribution in [0.2, 0.25) is 5.02 Å². The van der Waals surface area contributed by atoms with Gasteiger partial charge in [-0.1, -0.05) is 11.6 Å². The SMILES string of the molecule is Nc1ccc(Cl)c(CSc2ccc(F)cc2F)c1. The average molecular weight is 286 g/mol. The minimum Gasteiger partial charge on any atom is -0.399 e. The molecule has 0 radical (unpaired) electrons. The number of hydrogen-bond donors (Lipinski definition) is 1. The Morgan fingerprint density at radius 1 is 1.11 bits per heavy atom. The van der Waals surface area contributed by atoms with Crippen LogP contribution in [0.3, 0.4) is 0 Å². The summed E-state index contributed by atoms with van der Waals surface area (Å²) in [6.07, 6.45) is 0. The van der Waals surface area contributed by atoms with Gasteiger partial charge in [-0.05, 0) is 35.9 Å². The molecule has 2 rings (SSSR count). The molecule has 0 atom stereocenters. The highest BCUT2D eigenvalue weighted by Crippen LogP contribution is 2.29. The molecule has 0 aromatic heterocycles. The van der Waals surface area contributed by atoms with Crippen LogP contribution >= 0.6 is 23.4 Å². The van der Waals surface area contributed by atoms with Gasteiger partial charge >= 0.3 is 0 Å². The van der Waals surface area contributed by atoms with Gasteiger partial charge in [0.25, 0.3) is 0 Å². The van der Waals surface area contributed by atoms with Crippen molar-refractivity contribution < 1.29 is 8.78 Å². The standard InChI is InChI=1S/C13H10ClF2NS/c14-11-3-2-10(17)5-8(11)7-18-13-4-1-9(15)6-12(13)16/h1-6H,7,17H2. The summed E-state index contributed by atoms with van der Waals surface area (Å²) in [5.41, 5.74) is 7.09. The van der Waals surface area contributed by atoms with Crippen molar-refractivity contribution in [3.8, 4) is 0 Å². The van der Waals surface area contributed by atoms with Crippen molar-refractivity contribution in [2.45, 2.75) is 10.6 Å². The molecule has 94 valence electrons. The maximum atomic E-state index is 13.4. The van der Waals surface area contributed by atoms with E-state index in [4.69, 9.17) is 17.3 Å². The topological polar surface area (TPSA) is 26.0 Å². The number of nitrogen functional groups attached to an aromatic ring is 1. The Balaban J connectivity index is 2.13. The van der Waals surface area contributed by atoms with Gasteiger partial charge in [0.2, 0.25) is 0 Å². The highest BCUT2D eigenvalue weighted by molar-refractivity contribution is 7.98. The second kappa shape index (κ2) is 5.59. The molecule has 0 spiro atoms. The Morgan fingerprint density at radius 2 is 1.89 bits per heavy atom. The second-order valence-electron chi connectivity index (χ2n) is 3.71. The van der Waals surface area contributed by atoms with Gasteiger partial charge in [0.1, 0.15) is 11.6 Å². The minimum absolute atomic E-state index is 0.384. The van der Waals surface area contributed by atoms with Crippen molar-refractivity contribution in [2.24, 2.45) is 0 Å². The van der Waals surface area contributed by atoms with Crippen LogP contribution in [0.1, 0.15) is 5.56 Å². The average Bonchev–Trinajstić information content (AvgIpc) is 2.32. The second-order valence-corrected chi connectivity index (χ2v) is 5.14. The van der Waals surface area contributed by atoms with Crippen LogP contribution in [0.4, 0.5) is 14.5 Å². The van der Waals surface area contributed by atoms with Crippen molar-refractivity contribution in [2.75, 3.05) is 5.73 Å². The van der Waals surface area contributed by atoms with E-state index in [9.17, 15) is 8.78 Å². The number of rotatable bonds is 3. The van der Waals surface area contributed by atoms with E-state index in [1.807, 2.05) is 0 Å². The van der Waals surface area contributed by atoms with Gasteiger partial charge in [0, 0.05) is 27.4 Å². The lowest BCUT2D eigenvalue weighted by Gasteiger charge is -2.06. The third kappa shape index (κ3) is 3.15. The van der Waals surface area contributed by atoms with Crippen molar-refractivity contribution in [1.82, 2.24) is 0 Å². The van der Waals surface area contributed by atoms with E-state index in [0.29, 0.717) is 21.4 Å². The van der Waals surface area contributed by atoms with Crippen LogP contribution in [0.5, 0.6) is 0 Å². The smallest absolute Gasteiger partial charge is 0.139 e. The van der Waals surface area contributed by atoms with E-state index >= 15 is 0 Å². The predicted molar refractivity (Wildman–Crippen MR) is 71.8 cm³/mol. The van der Waals surface area contributed by atoms with Crippen LogP contribution < -0.4 is 5.73 Å². The fourth-order valence-electron chi connectivity index (χ4n) is 1.45. The highest BCUT2D eigenvalue weighted by atomic mass is 35.5. The van der Waals surface area contributed by atoms with E-state index in [2.05, 4.69) is 0 Å². The Morgan fingerprint density at radius 3 is 2.61 bits per heavy atom. The number of hydrogen-bond acceptors (Lipinski definition) is 2. The molecule has 2 N–H and O–H groups in total. The molecule has 0 aliphatic heterocycles. The molecule has 0 unspecified atom stereocenters. The maximum absolute atomic E-state index is 13.4. The zero-order valence-corrected chi connectivity index (χ0v) is 10.9. The quantitative estimate of drug-likeness (QED) is 0.664. The van der Waals surface area contributed by atoms with Gasteiger partial charge in [0.05, 0.1) is 0 Å². The largest absolute Gasteiger partial charge is 0.399 e. The first-order chi connectivity index (χ1) is 8.56. The third-order valence-electron chi connectivity index (χ3n) is 2.35. The van der Waals surface area contributed by atoms with Gasteiger partial charge in [-0.3, -0.25) is 0 Å². The highest BCUT2D eigenvalue weighted by Gasteiger charge is 2.07. The Kier molecular flexibility index (Phi) is 4.09. The van der Waals surface area contributed by atoms with Gasteiger partial charge in [0.15, 0.2) is 0 Å². The van der Waals surface area contributed by atoms with Crippen LogP contribution in [0.25, 0.3) is 0 Å². The first-order valence-corrected chi connectivity index (χ1v) is 6.54. The Hall–Kier alpha value is -1.26. The van der Waals surface area contributed by atoms with Crippen LogP contribution in [0, 0.1) is 11.6 Å². The maximum Gasteiger partial charge on any atom is 0.139 e. The molecular weight excluding hydrogens is 276 g/mol. The lowest BCUT2D eigenvalue weighted by Crippen LogP contribution is -1.90. The molecule has 0 aliphatic rings. The molecule has 18 heavy (non-hydrogen) atoms. The van der Waals surface area contributed by atoms with E-state index in [-0.39, 0.29) is 0 Å². The number of thioether (sulfide) groups is 1. The molecule has 0 heterocycles. The number of anilines is 1. The Bertz CT molecular complexity index is 575. The first-order valence-electron chi connectivity index (χ1n) is 5.18. The summed E-state index contributed by atoms with van der Waals surface area (Å²) in [6.45, 7) is 0. The molecule has 5 heteroatoms. The fraction of sp³-hybridized carbons (Fsp3) is 0.0769. The number of halogens is 3. The summed E-state index contributed by atoms with van der Waals surface area (Å²) in [5, 5.41) is 0.583. The summed E-state index contributed by atoms with van der Waals surface area (Å²) in [7, 11) is 0. The monoisotopic (exact) mass is 285 g/mol. The predicted octanol–water partition coefficient (Wildman–Crippen LogP) is 4.49. The molecule has 0 fully saturated rings. The van der Waals surface area contributed by atoms with E-state index in [1.54, 1.807) is 18.2 Å². The number of nitrogens with two attached hydrogens (primary N) is 1. The molecule has 2 aromatic rings. The van der Waals surface area contributed by atoms with Crippen LogP contribution in [-0.2, 0) is 5.75 Å². The van der Waals surface area contributed by atoms with Gasteiger partial charge < -0.3 is 5.73 Å². The minimum atomic E-state index is -0.584. The van der Waals surface area contributed by atoms with Crippen molar-refractivity contribution in [3.05, 3.63) is 58.6 Å². The third-order valence-corrected chi connectivity index (χ3v) is 3.81. The first kappa shape index (κ1) is 13.2. The zero-order chi connectivity index (χ0) is 13.1. The number of benzene rings is 2. The van der Waals surface area contributed by atoms with Gasteiger partial charge in [-0.15, -0.1) is 11.8 Å². The molecule has 0 bridgehead atoms. The lowest BCUT2D eigenvalue weighted by molar-refractivity contribution is 0.565. The molecule has 2 aromatic carbocycles. The summed E-state index contributed by atoms with van der Waals surface area (Å²) in [5.74, 6) is -0.675. The summed E-state index contributed by atoms with van der Waals surface area (Å²) in [6, 6.07) is 8.66. The van der Waals surface area contributed by atoms with E-state index in [1.165, 1.54) is 23.9 Å².